The predicted octanol–water partition coefficient (Wildman–Crippen LogP) is 0.115. The van der Waals surface area contributed by atoms with Crippen molar-refractivity contribution in [3.05, 3.63) is 10.3 Å². The summed E-state index contributed by atoms with van der Waals surface area (Å²) in [5.74, 6) is -0.000741. The van der Waals surface area contributed by atoms with Crippen LogP contribution in [0.5, 0.6) is 0 Å². The Bertz CT molecular complexity index is 596. The number of nitrogens with two attached hydrogens (primary N) is 1. The SMILES string of the molecule is NS(=O)(=O)c1csc2c1S(=O)(=O)CCC2. The molecule has 0 saturated carbocycles. The molecule has 0 bridgehead atoms. The number of hydrogen-bond acceptors (Lipinski definition) is 5. The Hall–Kier alpha value is -0.440. The summed E-state index contributed by atoms with van der Waals surface area (Å²) in [4.78, 5) is 0.286. The summed E-state index contributed by atoms with van der Waals surface area (Å²) in [7, 11) is -7.40. The van der Waals surface area contributed by atoms with Gasteiger partial charge in [0.1, 0.15) is 9.79 Å². The lowest BCUT2D eigenvalue weighted by Gasteiger charge is -2.12. The van der Waals surface area contributed by atoms with Crippen molar-refractivity contribution in [3.63, 3.8) is 0 Å². The van der Waals surface area contributed by atoms with E-state index in [-0.39, 0.29) is 15.5 Å². The Labute approximate surface area is 91.9 Å². The maximum Gasteiger partial charge on any atom is 0.240 e. The molecule has 0 unspecified atom stereocenters. The molecule has 0 spiro atoms. The number of aryl methyl sites for hydroxylation is 1. The molecular formula is C7H9NO4S3. The first-order valence-electron chi connectivity index (χ1n) is 4.18. The summed E-state index contributed by atoms with van der Waals surface area (Å²) in [5, 5.41) is 6.27. The van der Waals surface area contributed by atoms with E-state index >= 15 is 0 Å². The first kappa shape index (κ1) is 11.1. The van der Waals surface area contributed by atoms with Crippen LogP contribution < -0.4 is 5.14 Å². The summed E-state index contributed by atoms with van der Waals surface area (Å²) in [6, 6.07) is 0. The van der Waals surface area contributed by atoms with Gasteiger partial charge >= 0.3 is 0 Å². The first-order chi connectivity index (χ1) is 6.82. The van der Waals surface area contributed by atoms with Crippen LogP contribution in [0.3, 0.4) is 0 Å². The molecule has 0 fully saturated rings. The van der Waals surface area contributed by atoms with Gasteiger partial charge in [-0.25, -0.2) is 22.0 Å². The van der Waals surface area contributed by atoms with E-state index in [1.54, 1.807) is 0 Å². The molecule has 1 aromatic rings. The first-order valence-corrected chi connectivity index (χ1v) is 8.26. The van der Waals surface area contributed by atoms with E-state index in [4.69, 9.17) is 5.14 Å². The molecule has 1 aliphatic rings. The fourth-order valence-corrected chi connectivity index (χ4v) is 6.43. The summed E-state index contributed by atoms with van der Waals surface area (Å²) >= 11 is 1.14. The molecule has 84 valence electrons. The van der Waals surface area contributed by atoms with E-state index in [1.165, 1.54) is 5.38 Å². The van der Waals surface area contributed by atoms with Crippen LogP contribution in [0.15, 0.2) is 15.2 Å². The molecule has 1 aliphatic heterocycles. The minimum atomic E-state index is -3.94. The Balaban J connectivity index is 2.80. The lowest BCUT2D eigenvalue weighted by atomic mass is 10.3. The highest BCUT2D eigenvalue weighted by Crippen LogP contribution is 2.35. The van der Waals surface area contributed by atoms with E-state index < -0.39 is 19.9 Å². The van der Waals surface area contributed by atoms with Crippen LogP contribution in [0, 0.1) is 0 Å². The molecule has 0 atom stereocenters. The molecule has 0 radical (unpaired) electrons. The zero-order valence-corrected chi connectivity index (χ0v) is 10.1. The van der Waals surface area contributed by atoms with Crippen molar-refractivity contribution in [1.29, 1.82) is 0 Å². The summed E-state index contributed by atoms with van der Waals surface area (Å²) in [6.07, 6.45) is 1.15. The smallest absolute Gasteiger partial charge is 0.225 e. The summed E-state index contributed by atoms with van der Waals surface area (Å²) in [6.45, 7) is 0. The van der Waals surface area contributed by atoms with Crippen LogP contribution in [0.2, 0.25) is 0 Å². The van der Waals surface area contributed by atoms with Crippen molar-refractivity contribution < 1.29 is 16.8 Å². The monoisotopic (exact) mass is 267 g/mol. The van der Waals surface area contributed by atoms with Gasteiger partial charge < -0.3 is 0 Å². The van der Waals surface area contributed by atoms with Crippen molar-refractivity contribution in [3.8, 4) is 0 Å². The quantitative estimate of drug-likeness (QED) is 0.781. The minimum Gasteiger partial charge on any atom is -0.225 e. The van der Waals surface area contributed by atoms with Crippen LogP contribution in [0.4, 0.5) is 0 Å². The third-order valence-electron chi connectivity index (χ3n) is 2.22. The topological polar surface area (TPSA) is 94.3 Å². The van der Waals surface area contributed by atoms with Gasteiger partial charge in [0.25, 0.3) is 0 Å². The Morgan fingerprint density at radius 1 is 1.40 bits per heavy atom. The van der Waals surface area contributed by atoms with Crippen LogP contribution in [0.1, 0.15) is 11.3 Å². The third kappa shape index (κ3) is 1.82. The number of sulfonamides is 1. The highest BCUT2D eigenvalue weighted by atomic mass is 32.2. The van der Waals surface area contributed by atoms with Crippen LogP contribution in [-0.4, -0.2) is 22.6 Å². The minimum absolute atomic E-state index is 0.000741. The van der Waals surface area contributed by atoms with Gasteiger partial charge in [-0.1, -0.05) is 0 Å². The average Bonchev–Trinajstić information content (AvgIpc) is 2.46. The van der Waals surface area contributed by atoms with Crippen LogP contribution in [-0.2, 0) is 26.3 Å². The van der Waals surface area contributed by atoms with Crippen LogP contribution in [0.25, 0.3) is 0 Å². The molecule has 2 heterocycles. The fourth-order valence-electron chi connectivity index (χ4n) is 1.59. The molecule has 2 N–H and O–H groups in total. The van der Waals surface area contributed by atoms with E-state index in [2.05, 4.69) is 0 Å². The number of hydrogen-bond donors (Lipinski definition) is 1. The maximum atomic E-state index is 11.7. The second-order valence-corrected chi connectivity index (χ2v) is 7.86. The number of thiophene rings is 1. The molecule has 1 aromatic heterocycles. The number of fused-ring (bicyclic) bond motifs is 1. The van der Waals surface area contributed by atoms with Crippen molar-refractivity contribution in [1.82, 2.24) is 0 Å². The van der Waals surface area contributed by atoms with Crippen molar-refractivity contribution in [2.24, 2.45) is 5.14 Å². The fraction of sp³-hybridized carbons (Fsp3) is 0.429. The van der Waals surface area contributed by atoms with E-state index in [9.17, 15) is 16.8 Å². The normalized spacial score (nSPS) is 19.8. The molecule has 0 amide bonds. The molecule has 0 aromatic carbocycles. The van der Waals surface area contributed by atoms with Gasteiger partial charge in [-0.05, 0) is 12.8 Å². The van der Waals surface area contributed by atoms with Gasteiger partial charge in [-0.3, -0.25) is 0 Å². The Morgan fingerprint density at radius 2 is 2.07 bits per heavy atom. The zero-order chi connectivity index (χ0) is 11.3. The van der Waals surface area contributed by atoms with Crippen molar-refractivity contribution in [2.75, 3.05) is 5.75 Å². The molecule has 5 nitrogen and oxygen atoms in total. The largest absolute Gasteiger partial charge is 0.240 e. The van der Waals surface area contributed by atoms with Gasteiger partial charge in [-0.2, -0.15) is 0 Å². The van der Waals surface area contributed by atoms with Gasteiger partial charge in [0, 0.05) is 10.3 Å². The highest BCUT2D eigenvalue weighted by Gasteiger charge is 2.32. The van der Waals surface area contributed by atoms with E-state index in [0.29, 0.717) is 17.7 Å². The molecule has 15 heavy (non-hydrogen) atoms. The second kappa shape index (κ2) is 3.27. The Morgan fingerprint density at radius 3 is 2.67 bits per heavy atom. The molecule has 0 aliphatic carbocycles. The average molecular weight is 267 g/mol. The Kier molecular flexibility index (Phi) is 2.41. The molecule has 8 heteroatoms. The molecule has 2 rings (SSSR count). The number of primary sulfonamides is 1. The third-order valence-corrected chi connectivity index (χ3v) is 6.52. The van der Waals surface area contributed by atoms with Gasteiger partial charge in [0.15, 0.2) is 9.84 Å². The van der Waals surface area contributed by atoms with E-state index in [0.717, 1.165) is 11.3 Å². The van der Waals surface area contributed by atoms with Crippen molar-refractivity contribution >= 4 is 31.2 Å². The van der Waals surface area contributed by atoms with Gasteiger partial charge in [0.2, 0.25) is 10.0 Å². The molecular weight excluding hydrogens is 258 g/mol. The van der Waals surface area contributed by atoms with E-state index in [1.807, 2.05) is 0 Å². The van der Waals surface area contributed by atoms with Crippen LogP contribution >= 0.6 is 11.3 Å². The number of sulfone groups is 1. The highest BCUT2D eigenvalue weighted by molar-refractivity contribution is 7.93. The standard InChI is InChI=1S/C7H9NO4S3/c8-15(11,12)6-4-13-5-2-1-3-14(9,10)7(5)6/h4H,1-3H2,(H2,8,11,12). The maximum absolute atomic E-state index is 11.7. The summed E-state index contributed by atoms with van der Waals surface area (Å²) < 4.78 is 45.7. The zero-order valence-electron chi connectivity index (χ0n) is 7.63. The molecule has 0 saturated heterocycles. The van der Waals surface area contributed by atoms with Gasteiger partial charge in [0.05, 0.1) is 5.75 Å². The lowest BCUT2D eigenvalue weighted by molar-refractivity contribution is 0.577. The predicted molar refractivity (Wildman–Crippen MR) is 56.1 cm³/mol. The second-order valence-electron chi connectivity index (χ2n) is 3.32. The van der Waals surface area contributed by atoms with Crippen molar-refractivity contribution in [2.45, 2.75) is 22.6 Å². The number of rotatable bonds is 1. The van der Waals surface area contributed by atoms with Gasteiger partial charge in [-0.15, -0.1) is 11.3 Å². The summed E-state index contributed by atoms with van der Waals surface area (Å²) in [5.41, 5.74) is 0. The lowest BCUT2D eigenvalue weighted by Crippen LogP contribution is -2.20.